The molecule has 1 atom stereocenters. The van der Waals surface area contributed by atoms with Crippen LogP contribution in [0.4, 0.5) is 0 Å². The summed E-state index contributed by atoms with van der Waals surface area (Å²) in [5.74, 6) is 1.30. The van der Waals surface area contributed by atoms with Crippen molar-refractivity contribution in [2.24, 2.45) is 0 Å². The highest BCUT2D eigenvalue weighted by Crippen LogP contribution is 2.35. The summed E-state index contributed by atoms with van der Waals surface area (Å²) in [6.45, 7) is 6.23. The highest BCUT2D eigenvalue weighted by molar-refractivity contribution is 5.99. The van der Waals surface area contributed by atoms with Crippen LogP contribution in [0, 0.1) is 0 Å². The number of fused-ring (bicyclic) bond motifs is 1. The summed E-state index contributed by atoms with van der Waals surface area (Å²) in [7, 11) is 5.40. The molecular formula is C26H33N3O3. The number of ether oxygens (including phenoxy) is 2. The van der Waals surface area contributed by atoms with Crippen LogP contribution in [0.2, 0.25) is 0 Å². The molecule has 1 unspecified atom stereocenters. The molecule has 0 aromatic heterocycles. The van der Waals surface area contributed by atoms with Gasteiger partial charge >= 0.3 is 0 Å². The molecule has 3 aliphatic heterocycles. The van der Waals surface area contributed by atoms with E-state index < -0.39 is 0 Å². The van der Waals surface area contributed by atoms with Crippen molar-refractivity contribution in [2.45, 2.75) is 25.3 Å². The Balaban J connectivity index is 1.64. The Labute approximate surface area is 191 Å². The summed E-state index contributed by atoms with van der Waals surface area (Å²) in [5.41, 5.74) is 2.51. The maximum Gasteiger partial charge on any atom is 0.251 e. The first kappa shape index (κ1) is 22.2. The molecule has 6 nitrogen and oxygen atoms in total. The second-order valence-electron chi connectivity index (χ2n) is 8.87. The zero-order chi connectivity index (χ0) is 22.7. The Bertz CT molecular complexity index is 994. The summed E-state index contributed by atoms with van der Waals surface area (Å²) < 4.78 is 10.8. The molecule has 0 saturated carbocycles. The van der Waals surface area contributed by atoms with Crippen LogP contribution < -0.4 is 9.47 Å². The third kappa shape index (κ3) is 4.46. The normalized spacial score (nSPS) is 26.8. The summed E-state index contributed by atoms with van der Waals surface area (Å²) in [5, 5.41) is 0. The van der Waals surface area contributed by atoms with E-state index >= 15 is 0 Å². The van der Waals surface area contributed by atoms with Gasteiger partial charge in [0.25, 0.3) is 5.91 Å². The van der Waals surface area contributed by atoms with Crippen molar-refractivity contribution in [3.8, 4) is 11.5 Å². The molecule has 1 amide bonds. The van der Waals surface area contributed by atoms with Gasteiger partial charge < -0.3 is 24.2 Å². The molecule has 170 valence electrons. The molecule has 1 saturated heterocycles. The lowest BCUT2D eigenvalue weighted by atomic mass is 9.89. The first-order valence-corrected chi connectivity index (χ1v) is 11.2. The van der Waals surface area contributed by atoms with Crippen molar-refractivity contribution in [3.63, 3.8) is 0 Å². The van der Waals surface area contributed by atoms with Gasteiger partial charge in [0.2, 0.25) is 0 Å². The average molecular weight is 436 g/mol. The number of rotatable bonds is 4. The van der Waals surface area contributed by atoms with Gasteiger partial charge in [0, 0.05) is 31.9 Å². The quantitative estimate of drug-likeness (QED) is 0.722. The minimum atomic E-state index is -0.376. The van der Waals surface area contributed by atoms with Crippen LogP contribution in [0.15, 0.2) is 60.5 Å². The number of nitrogens with zero attached hydrogens (tertiary/aromatic N) is 3. The number of allylic oxidation sites excluding steroid dienone is 3. The zero-order valence-corrected chi connectivity index (χ0v) is 19.5. The molecule has 1 aromatic rings. The summed E-state index contributed by atoms with van der Waals surface area (Å²) in [4.78, 5) is 20.1. The third-order valence-corrected chi connectivity index (χ3v) is 6.57. The van der Waals surface area contributed by atoms with Gasteiger partial charge in [-0.3, -0.25) is 4.79 Å². The first-order valence-electron chi connectivity index (χ1n) is 11.2. The third-order valence-electron chi connectivity index (χ3n) is 6.57. The monoisotopic (exact) mass is 435 g/mol. The smallest absolute Gasteiger partial charge is 0.251 e. The summed E-state index contributed by atoms with van der Waals surface area (Å²) in [6.07, 6.45) is 14.2. The van der Waals surface area contributed by atoms with E-state index in [2.05, 4.69) is 42.0 Å². The number of hydrogen-bond donors (Lipinski definition) is 0. The molecular weight excluding hydrogens is 402 g/mol. The van der Waals surface area contributed by atoms with Crippen LogP contribution in [0.5, 0.6) is 11.5 Å². The number of carbonyl (C=O) groups is 1. The second-order valence-corrected chi connectivity index (χ2v) is 8.87. The fourth-order valence-corrected chi connectivity index (χ4v) is 4.51. The molecule has 0 aliphatic carbocycles. The van der Waals surface area contributed by atoms with E-state index in [0.29, 0.717) is 11.5 Å². The fraction of sp³-hybridized carbons (Fsp3) is 0.423. The Morgan fingerprint density at radius 1 is 1.00 bits per heavy atom. The lowest BCUT2D eigenvalue weighted by Gasteiger charge is -2.41. The van der Waals surface area contributed by atoms with Crippen LogP contribution in [-0.2, 0) is 4.79 Å². The lowest BCUT2D eigenvalue weighted by Crippen LogP contribution is -2.47. The standard InChI is InChI=1S/C26H33N3O3/c1-26-11-5-7-20(21-8-9-23(31-3)24(17-21)32-4)18-25(30)29(26)19-22(10-12-26)28-14-6-13-27(2)15-16-28/h5,7-10,12,17-19H,6,11,13-16H2,1-4H3/b7-5+,20-18+. The van der Waals surface area contributed by atoms with Crippen molar-refractivity contribution >= 4 is 11.5 Å². The molecule has 4 rings (SSSR count). The van der Waals surface area contributed by atoms with Gasteiger partial charge in [-0.05, 0) is 62.7 Å². The highest BCUT2D eigenvalue weighted by atomic mass is 16.5. The minimum Gasteiger partial charge on any atom is -0.493 e. The molecule has 0 radical (unpaired) electrons. The van der Waals surface area contributed by atoms with Crippen molar-refractivity contribution in [1.82, 2.24) is 14.7 Å². The molecule has 1 aromatic carbocycles. The van der Waals surface area contributed by atoms with Gasteiger partial charge in [0.05, 0.1) is 25.5 Å². The minimum absolute atomic E-state index is 0.0181. The number of likely N-dealkylation sites (N-methyl/N-ethyl adjacent to an activating group) is 1. The van der Waals surface area contributed by atoms with Crippen LogP contribution in [0.1, 0.15) is 25.3 Å². The van der Waals surface area contributed by atoms with E-state index in [-0.39, 0.29) is 11.4 Å². The van der Waals surface area contributed by atoms with E-state index in [1.54, 1.807) is 20.3 Å². The van der Waals surface area contributed by atoms with E-state index in [0.717, 1.165) is 55.9 Å². The number of carbonyl (C=O) groups excluding carboxylic acids is 1. The van der Waals surface area contributed by atoms with E-state index in [1.807, 2.05) is 35.4 Å². The molecule has 32 heavy (non-hydrogen) atoms. The van der Waals surface area contributed by atoms with E-state index in [4.69, 9.17) is 9.47 Å². The summed E-state index contributed by atoms with van der Waals surface area (Å²) in [6, 6.07) is 5.74. The largest absolute Gasteiger partial charge is 0.493 e. The highest BCUT2D eigenvalue weighted by Gasteiger charge is 2.34. The van der Waals surface area contributed by atoms with Gasteiger partial charge in [-0.2, -0.15) is 0 Å². The molecule has 1 fully saturated rings. The number of amides is 1. The van der Waals surface area contributed by atoms with Crippen molar-refractivity contribution in [2.75, 3.05) is 47.4 Å². The second kappa shape index (κ2) is 9.25. The zero-order valence-electron chi connectivity index (χ0n) is 19.5. The van der Waals surface area contributed by atoms with Crippen LogP contribution >= 0.6 is 0 Å². The van der Waals surface area contributed by atoms with Crippen LogP contribution in [0.3, 0.4) is 0 Å². The van der Waals surface area contributed by atoms with Gasteiger partial charge in [-0.15, -0.1) is 0 Å². The first-order chi connectivity index (χ1) is 15.4. The van der Waals surface area contributed by atoms with Crippen molar-refractivity contribution in [3.05, 3.63) is 66.0 Å². The predicted octanol–water partition coefficient (Wildman–Crippen LogP) is 3.68. The molecule has 0 spiro atoms. The number of hydrogen-bond acceptors (Lipinski definition) is 5. The van der Waals surface area contributed by atoms with Crippen molar-refractivity contribution in [1.29, 1.82) is 0 Å². The predicted molar refractivity (Wildman–Crippen MR) is 127 cm³/mol. The SMILES string of the molecule is COc1ccc(C2=C/C(=O)N3C=C(N4CCCN(C)CC4)C=CC3(C)C\C=C\2)cc1OC. The van der Waals surface area contributed by atoms with Gasteiger partial charge in [0.15, 0.2) is 11.5 Å². The Kier molecular flexibility index (Phi) is 6.42. The summed E-state index contributed by atoms with van der Waals surface area (Å²) >= 11 is 0. The number of methoxy groups -OCH3 is 2. The Hall–Kier alpha value is -2.99. The van der Waals surface area contributed by atoms with E-state index in [1.165, 1.54) is 0 Å². The fourth-order valence-electron chi connectivity index (χ4n) is 4.51. The molecule has 6 heteroatoms. The lowest BCUT2D eigenvalue weighted by molar-refractivity contribution is -0.127. The Morgan fingerprint density at radius 3 is 2.59 bits per heavy atom. The van der Waals surface area contributed by atoms with E-state index in [9.17, 15) is 4.79 Å². The van der Waals surface area contributed by atoms with Crippen LogP contribution in [0.25, 0.3) is 5.57 Å². The molecule has 0 bridgehead atoms. The molecule has 3 heterocycles. The van der Waals surface area contributed by atoms with Gasteiger partial charge in [-0.25, -0.2) is 0 Å². The Morgan fingerprint density at radius 2 is 1.81 bits per heavy atom. The van der Waals surface area contributed by atoms with Crippen molar-refractivity contribution < 1.29 is 14.3 Å². The van der Waals surface area contributed by atoms with Gasteiger partial charge in [-0.1, -0.05) is 24.3 Å². The molecule has 3 aliphatic rings. The maximum atomic E-state index is 13.5. The number of benzene rings is 1. The average Bonchev–Trinajstić information content (AvgIpc) is 3.01. The topological polar surface area (TPSA) is 45.2 Å². The molecule has 0 N–H and O–H groups in total. The van der Waals surface area contributed by atoms with Gasteiger partial charge in [0.1, 0.15) is 0 Å². The maximum absolute atomic E-state index is 13.5. The van der Waals surface area contributed by atoms with Crippen LogP contribution in [-0.4, -0.2) is 73.6 Å².